The zero-order chi connectivity index (χ0) is 14.5. The van der Waals surface area contributed by atoms with Crippen molar-refractivity contribution in [3.8, 4) is 0 Å². The van der Waals surface area contributed by atoms with E-state index in [1.165, 1.54) is 51.4 Å². The summed E-state index contributed by atoms with van der Waals surface area (Å²) in [4.78, 5) is 0. The van der Waals surface area contributed by atoms with Gasteiger partial charge in [0.2, 0.25) is 0 Å². The van der Waals surface area contributed by atoms with Crippen molar-refractivity contribution in [2.75, 3.05) is 0 Å². The minimum absolute atomic E-state index is 0.504. The summed E-state index contributed by atoms with van der Waals surface area (Å²) in [6, 6.07) is 0. The van der Waals surface area contributed by atoms with Gasteiger partial charge in [-0.05, 0) is 48.3 Å². The van der Waals surface area contributed by atoms with Crippen molar-refractivity contribution in [2.45, 2.75) is 92.9 Å². The molecule has 0 heteroatoms. The fourth-order valence-corrected chi connectivity index (χ4v) is 4.12. The van der Waals surface area contributed by atoms with Gasteiger partial charge in [0.05, 0.1) is 0 Å². The van der Waals surface area contributed by atoms with Crippen molar-refractivity contribution < 1.29 is 0 Å². The van der Waals surface area contributed by atoms with Crippen LogP contribution in [0.25, 0.3) is 0 Å². The van der Waals surface area contributed by atoms with Crippen molar-refractivity contribution in [3.63, 3.8) is 0 Å². The molecule has 0 bridgehead atoms. The molecule has 0 spiro atoms. The maximum atomic E-state index is 2.52. The Labute approximate surface area is 122 Å². The van der Waals surface area contributed by atoms with E-state index in [4.69, 9.17) is 0 Å². The van der Waals surface area contributed by atoms with Gasteiger partial charge in [-0.3, -0.25) is 0 Å². The Hall–Kier alpha value is 0. The quantitative estimate of drug-likeness (QED) is 0.502. The van der Waals surface area contributed by atoms with Crippen molar-refractivity contribution in [3.05, 3.63) is 0 Å². The van der Waals surface area contributed by atoms with Gasteiger partial charge < -0.3 is 0 Å². The van der Waals surface area contributed by atoms with Crippen LogP contribution in [0, 0.1) is 29.1 Å². The van der Waals surface area contributed by atoms with Gasteiger partial charge in [0, 0.05) is 0 Å². The molecule has 0 aromatic carbocycles. The maximum Gasteiger partial charge on any atom is -0.0360 e. The highest BCUT2D eigenvalue weighted by Crippen LogP contribution is 2.41. The molecule has 0 saturated heterocycles. The lowest BCUT2D eigenvalue weighted by Gasteiger charge is -2.38. The van der Waals surface area contributed by atoms with Gasteiger partial charge in [-0.15, -0.1) is 0 Å². The van der Waals surface area contributed by atoms with Crippen molar-refractivity contribution in [2.24, 2.45) is 29.1 Å². The summed E-state index contributed by atoms with van der Waals surface area (Å²) in [5, 5.41) is 0. The van der Waals surface area contributed by atoms with Gasteiger partial charge in [-0.2, -0.15) is 0 Å². The summed E-state index contributed by atoms with van der Waals surface area (Å²) in [6.45, 7) is 14.5. The molecule has 1 rings (SSSR count). The van der Waals surface area contributed by atoms with Crippen LogP contribution in [0.5, 0.6) is 0 Å². The molecule has 4 unspecified atom stereocenters. The van der Waals surface area contributed by atoms with E-state index in [0.717, 1.165) is 23.7 Å². The van der Waals surface area contributed by atoms with E-state index in [-0.39, 0.29) is 0 Å². The number of rotatable bonds is 6. The highest BCUT2D eigenvalue weighted by atomic mass is 14.4. The SMILES string of the molecule is CCCC(C)C(CCC(C)(C)C)C1CCCC(C)C1. The van der Waals surface area contributed by atoms with E-state index < -0.39 is 0 Å². The van der Waals surface area contributed by atoms with E-state index in [0.29, 0.717) is 5.41 Å². The molecule has 4 atom stereocenters. The molecule has 1 fully saturated rings. The molecule has 0 heterocycles. The molecule has 0 aromatic rings. The summed E-state index contributed by atoms with van der Waals surface area (Å²) < 4.78 is 0. The molecule has 1 saturated carbocycles. The molecule has 0 aromatic heterocycles. The van der Waals surface area contributed by atoms with E-state index in [1.807, 2.05) is 0 Å². The van der Waals surface area contributed by atoms with Crippen LogP contribution in [0.1, 0.15) is 92.9 Å². The molecule has 1 aliphatic carbocycles. The maximum absolute atomic E-state index is 2.52. The van der Waals surface area contributed by atoms with Crippen LogP contribution in [0.3, 0.4) is 0 Å². The van der Waals surface area contributed by atoms with Crippen LogP contribution in [0.2, 0.25) is 0 Å². The Morgan fingerprint density at radius 1 is 1.11 bits per heavy atom. The molecular weight excluding hydrogens is 228 g/mol. The fourth-order valence-electron chi connectivity index (χ4n) is 4.12. The lowest BCUT2D eigenvalue weighted by atomic mass is 9.68. The molecule has 0 radical (unpaired) electrons. The van der Waals surface area contributed by atoms with Crippen LogP contribution < -0.4 is 0 Å². The molecule has 0 N–H and O–H groups in total. The zero-order valence-corrected chi connectivity index (χ0v) is 14.5. The molecule has 0 amide bonds. The lowest BCUT2D eigenvalue weighted by Crippen LogP contribution is -2.27. The Balaban J connectivity index is 2.62. The van der Waals surface area contributed by atoms with E-state index in [9.17, 15) is 0 Å². The number of hydrogen-bond donors (Lipinski definition) is 0. The molecule has 0 nitrogen and oxygen atoms in total. The van der Waals surface area contributed by atoms with E-state index in [1.54, 1.807) is 0 Å². The molecule has 19 heavy (non-hydrogen) atoms. The van der Waals surface area contributed by atoms with Gasteiger partial charge in [0.25, 0.3) is 0 Å². The first-order chi connectivity index (χ1) is 8.83. The standard InChI is InChI=1S/C19H38/c1-7-9-16(3)18(12-13-19(4,5)6)17-11-8-10-15(2)14-17/h15-18H,7-14H2,1-6H3. The molecule has 0 aliphatic heterocycles. The minimum atomic E-state index is 0.504. The van der Waals surface area contributed by atoms with Crippen LogP contribution >= 0.6 is 0 Å². The summed E-state index contributed by atoms with van der Waals surface area (Å²) in [5.74, 6) is 3.92. The Morgan fingerprint density at radius 2 is 1.79 bits per heavy atom. The first kappa shape index (κ1) is 17.1. The molecule has 1 aliphatic rings. The fraction of sp³-hybridized carbons (Fsp3) is 1.00. The van der Waals surface area contributed by atoms with Crippen molar-refractivity contribution in [1.82, 2.24) is 0 Å². The second-order valence-electron chi connectivity index (χ2n) is 8.56. The monoisotopic (exact) mass is 266 g/mol. The highest BCUT2D eigenvalue weighted by molar-refractivity contribution is 4.81. The summed E-state index contributed by atoms with van der Waals surface area (Å²) >= 11 is 0. The third kappa shape index (κ3) is 6.32. The Bertz CT molecular complexity index is 235. The van der Waals surface area contributed by atoms with Gasteiger partial charge in [0.15, 0.2) is 0 Å². The summed E-state index contributed by atoms with van der Waals surface area (Å²) in [7, 11) is 0. The molecule has 114 valence electrons. The second kappa shape index (κ2) is 7.70. The van der Waals surface area contributed by atoms with E-state index in [2.05, 4.69) is 41.5 Å². The van der Waals surface area contributed by atoms with Crippen LogP contribution in [-0.4, -0.2) is 0 Å². The van der Waals surface area contributed by atoms with Crippen molar-refractivity contribution in [1.29, 1.82) is 0 Å². The van der Waals surface area contributed by atoms with Gasteiger partial charge in [0.1, 0.15) is 0 Å². The van der Waals surface area contributed by atoms with Crippen LogP contribution in [0.4, 0.5) is 0 Å². The zero-order valence-electron chi connectivity index (χ0n) is 14.5. The van der Waals surface area contributed by atoms with Crippen molar-refractivity contribution >= 4 is 0 Å². The van der Waals surface area contributed by atoms with Crippen LogP contribution in [0.15, 0.2) is 0 Å². The largest absolute Gasteiger partial charge is 0.0654 e. The van der Waals surface area contributed by atoms with Gasteiger partial charge in [-0.1, -0.05) is 73.6 Å². The third-order valence-electron chi connectivity index (χ3n) is 5.29. The minimum Gasteiger partial charge on any atom is -0.0654 e. The predicted molar refractivity (Wildman–Crippen MR) is 87.4 cm³/mol. The van der Waals surface area contributed by atoms with Crippen LogP contribution in [-0.2, 0) is 0 Å². The average Bonchev–Trinajstić information content (AvgIpc) is 2.28. The first-order valence-corrected chi connectivity index (χ1v) is 8.83. The summed E-state index contributed by atoms with van der Waals surface area (Å²) in [6.07, 6.45) is 11.6. The number of hydrogen-bond acceptors (Lipinski definition) is 0. The second-order valence-corrected chi connectivity index (χ2v) is 8.56. The smallest absolute Gasteiger partial charge is 0.0360 e. The first-order valence-electron chi connectivity index (χ1n) is 8.83. The van der Waals surface area contributed by atoms with Gasteiger partial charge in [-0.25, -0.2) is 0 Å². The Morgan fingerprint density at radius 3 is 2.32 bits per heavy atom. The predicted octanol–water partition coefficient (Wildman–Crippen LogP) is 6.69. The average molecular weight is 267 g/mol. The lowest BCUT2D eigenvalue weighted by molar-refractivity contribution is 0.129. The third-order valence-corrected chi connectivity index (χ3v) is 5.29. The molecular formula is C19H38. The Kier molecular flexibility index (Phi) is 6.91. The normalized spacial score (nSPS) is 28.1. The summed E-state index contributed by atoms with van der Waals surface area (Å²) in [5.41, 5.74) is 0.504. The van der Waals surface area contributed by atoms with E-state index >= 15 is 0 Å². The topological polar surface area (TPSA) is 0 Å². The van der Waals surface area contributed by atoms with Gasteiger partial charge >= 0.3 is 0 Å². The highest BCUT2D eigenvalue weighted by Gasteiger charge is 2.30.